The van der Waals surface area contributed by atoms with Crippen molar-refractivity contribution in [2.45, 2.75) is 13.3 Å². The van der Waals surface area contributed by atoms with Gasteiger partial charge in [0.05, 0.1) is 19.5 Å². The fourth-order valence-corrected chi connectivity index (χ4v) is 1.67. The lowest BCUT2D eigenvalue weighted by Gasteiger charge is -2.26. The van der Waals surface area contributed by atoms with Crippen LogP contribution in [-0.2, 0) is 4.74 Å². The van der Waals surface area contributed by atoms with Gasteiger partial charge in [-0.1, -0.05) is 11.6 Å². The van der Waals surface area contributed by atoms with Gasteiger partial charge >= 0.3 is 5.97 Å². The van der Waals surface area contributed by atoms with Crippen molar-refractivity contribution in [3.63, 3.8) is 0 Å². The van der Waals surface area contributed by atoms with Crippen LogP contribution in [0.4, 0.5) is 5.82 Å². The Balaban J connectivity index is 2.11. The number of esters is 1. The minimum absolute atomic E-state index is 0.236. The third kappa shape index (κ3) is 2.61. The van der Waals surface area contributed by atoms with Gasteiger partial charge in [0, 0.05) is 13.1 Å². The molecule has 1 aromatic heterocycles. The molecule has 0 amide bonds. The van der Waals surface area contributed by atoms with Crippen molar-refractivity contribution < 1.29 is 9.53 Å². The van der Waals surface area contributed by atoms with Crippen LogP contribution in [0.2, 0.25) is 0 Å². The summed E-state index contributed by atoms with van der Waals surface area (Å²) in [5.74, 6) is 0.333. The van der Waals surface area contributed by atoms with Crippen LogP contribution < -0.4 is 4.90 Å². The van der Waals surface area contributed by atoms with E-state index < -0.39 is 5.97 Å². The molecule has 0 radical (unpaired) electrons. The summed E-state index contributed by atoms with van der Waals surface area (Å²) >= 11 is 0. The first-order valence-corrected chi connectivity index (χ1v) is 5.51. The third-order valence-corrected chi connectivity index (χ3v) is 2.79. The van der Waals surface area contributed by atoms with E-state index in [9.17, 15) is 4.79 Å². The Labute approximate surface area is 100 Å². The summed E-state index contributed by atoms with van der Waals surface area (Å²) in [6.07, 6.45) is 6.28. The minimum atomic E-state index is -0.460. The molecule has 2 heterocycles. The topological polar surface area (TPSA) is 55.3 Å². The quantitative estimate of drug-likeness (QED) is 0.571. The van der Waals surface area contributed by atoms with E-state index in [2.05, 4.69) is 32.6 Å². The highest BCUT2D eigenvalue weighted by atomic mass is 16.5. The molecule has 0 saturated heterocycles. The van der Waals surface area contributed by atoms with Crippen LogP contribution >= 0.6 is 0 Å². The van der Waals surface area contributed by atoms with Crippen LogP contribution in [0.3, 0.4) is 0 Å². The van der Waals surface area contributed by atoms with Crippen LogP contribution in [0.25, 0.3) is 0 Å². The van der Waals surface area contributed by atoms with Crippen molar-refractivity contribution in [2.75, 3.05) is 25.1 Å². The molecule has 5 nitrogen and oxygen atoms in total. The zero-order valence-corrected chi connectivity index (χ0v) is 10.0. The maximum absolute atomic E-state index is 11.2. The fraction of sp³-hybridized carbons (Fsp3) is 0.417. The molecule has 90 valence electrons. The monoisotopic (exact) mass is 233 g/mol. The number of ether oxygens (including phenoxy) is 1. The normalized spacial score (nSPS) is 15.4. The first-order chi connectivity index (χ1) is 8.20. The van der Waals surface area contributed by atoms with E-state index in [0.717, 1.165) is 25.3 Å². The van der Waals surface area contributed by atoms with Crippen molar-refractivity contribution in [1.29, 1.82) is 0 Å². The number of anilines is 1. The van der Waals surface area contributed by atoms with Crippen LogP contribution in [0.1, 0.15) is 23.8 Å². The second-order valence-corrected chi connectivity index (χ2v) is 4.00. The molecule has 1 aliphatic rings. The molecule has 2 rings (SSSR count). The first kappa shape index (κ1) is 11.6. The second kappa shape index (κ2) is 4.95. The average molecular weight is 233 g/mol. The molecular formula is C12H15N3O2. The van der Waals surface area contributed by atoms with Gasteiger partial charge in [0.25, 0.3) is 0 Å². The van der Waals surface area contributed by atoms with Crippen molar-refractivity contribution in [2.24, 2.45) is 0 Å². The van der Waals surface area contributed by atoms with E-state index in [-0.39, 0.29) is 5.69 Å². The van der Waals surface area contributed by atoms with E-state index in [4.69, 9.17) is 0 Å². The van der Waals surface area contributed by atoms with Gasteiger partial charge in [0.2, 0.25) is 0 Å². The molecule has 0 aromatic carbocycles. The zero-order valence-electron chi connectivity index (χ0n) is 10.0. The Bertz CT molecular complexity index is 440. The zero-order chi connectivity index (χ0) is 12.3. The van der Waals surface area contributed by atoms with Gasteiger partial charge in [0.15, 0.2) is 5.69 Å². The number of rotatable bonds is 2. The highest BCUT2D eigenvalue weighted by Crippen LogP contribution is 2.16. The number of hydrogen-bond acceptors (Lipinski definition) is 5. The number of carbonyl (C=O) groups excluding carboxylic acids is 1. The molecule has 0 spiro atoms. The van der Waals surface area contributed by atoms with Gasteiger partial charge < -0.3 is 9.64 Å². The number of methoxy groups -OCH3 is 1. The summed E-state index contributed by atoms with van der Waals surface area (Å²) in [5, 5.41) is 0. The molecular weight excluding hydrogens is 218 g/mol. The molecule has 0 aliphatic carbocycles. The molecule has 0 N–H and O–H groups in total. The third-order valence-electron chi connectivity index (χ3n) is 2.79. The van der Waals surface area contributed by atoms with E-state index >= 15 is 0 Å². The molecule has 0 saturated carbocycles. The molecule has 1 aliphatic heterocycles. The molecule has 1 aromatic rings. The highest BCUT2D eigenvalue weighted by molar-refractivity contribution is 5.86. The summed E-state index contributed by atoms with van der Waals surface area (Å²) in [6, 6.07) is 0. The molecule has 17 heavy (non-hydrogen) atoms. The summed E-state index contributed by atoms with van der Waals surface area (Å²) in [7, 11) is 1.33. The number of aromatic nitrogens is 2. The van der Waals surface area contributed by atoms with Gasteiger partial charge in [-0.25, -0.2) is 14.8 Å². The summed E-state index contributed by atoms with van der Waals surface area (Å²) in [6.45, 7) is 3.91. The predicted molar refractivity (Wildman–Crippen MR) is 64.0 cm³/mol. The fourth-order valence-electron chi connectivity index (χ4n) is 1.67. The standard InChI is InChI=1S/C12H15N3O2/c1-9-3-5-15(6-4-9)11-8-13-10(7-14-11)12(16)17-2/h3,7-8H,4-6H2,1-2H3. The summed E-state index contributed by atoms with van der Waals surface area (Å²) in [5.41, 5.74) is 1.64. The lowest BCUT2D eigenvalue weighted by Crippen LogP contribution is -2.29. The van der Waals surface area contributed by atoms with Crippen molar-refractivity contribution in [1.82, 2.24) is 9.97 Å². The molecule has 0 atom stereocenters. The van der Waals surface area contributed by atoms with Gasteiger partial charge in [-0.3, -0.25) is 0 Å². The van der Waals surface area contributed by atoms with E-state index in [0.29, 0.717) is 0 Å². The maximum atomic E-state index is 11.2. The lowest BCUT2D eigenvalue weighted by molar-refractivity contribution is 0.0593. The predicted octanol–water partition coefficient (Wildman–Crippen LogP) is 1.42. The highest BCUT2D eigenvalue weighted by Gasteiger charge is 2.13. The number of carbonyl (C=O) groups is 1. The summed E-state index contributed by atoms with van der Waals surface area (Å²) < 4.78 is 4.57. The van der Waals surface area contributed by atoms with Crippen LogP contribution in [-0.4, -0.2) is 36.1 Å². The number of hydrogen-bond donors (Lipinski definition) is 0. The molecule has 0 bridgehead atoms. The average Bonchev–Trinajstić information content (AvgIpc) is 2.39. The Morgan fingerprint density at radius 3 is 2.76 bits per heavy atom. The Morgan fingerprint density at radius 2 is 2.24 bits per heavy atom. The Hall–Kier alpha value is -1.91. The van der Waals surface area contributed by atoms with Crippen LogP contribution in [0.5, 0.6) is 0 Å². The smallest absolute Gasteiger partial charge is 0.358 e. The molecule has 0 unspecified atom stereocenters. The van der Waals surface area contributed by atoms with Gasteiger partial charge in [0.1, 0.15) is 5.82 Å². The Kier molecular flexibility index (Phi) is 3.37. The Morgan fingerprint density at radius 1 is 1.41 bits per heavy atom. The lowest BCUT2D eigenvalue weighted by atomic mass is 10.1. The van der Waals surface area contributed by atoms with E-state index in [1.54, 1.807) is 6.20 Å². The van der Waals surface area contributed by atoms with Gasteiger partial charge in [-0.05, 0) is 13.3 Å². The van der Waals surface area contributed by atoms with E-state index in [1.165, 1.54) is 18.9 Å². The largest absolute Gasteiger partial charge is 0.464 e. The molecule has 5 heteroatoms. The van der Waals surface area contributed by atoms with Crippen molar-refractivity contribution in [3.05, 3.63) is 29.7 Å². The minimum Gasteiger partial charge on any atom is -0.464 e. The van der Waals surface area contributed by atoms with Crippen LogP contribution in [0.15, 0.2) is 24.0 Å². The van der Waals surface area contributed by atoms with Gasteiger partial charge in [-0.2, -0.15) is 0 Å². The van der Waals surface area contributed by atoms with E-state index in [1.807, 2.05) is 0 Å². The second-order valence-electron chi connectivity index (χ2n) is 4.00. The maximum Gasteiger partial charge on any atom is 0.358 e. The SMILES string of the molecule is COC(=O)c1cnc(N2CC=C(C)CC2)cn1. The first-order valence-electron chi connectivity index (χ1n) is 5.51. The van der Waals surface area contributed by atoms with Crippen LogP contribution in [0, 0.1) is 0 Å². The number of nitrogens with zero attached hydrogens (tertiary/aromatic N) is 3. The van der Waals surface area contributed by atoms with Gasteiger partial charge in [-0.15, -0.1) is 0 Å². The van der Waals surface area contributed by atoms with Crippen molar-refractivity contribution in [3.8, 4) is 0 Å². The van der Waals surface area contributed by atoms with Crippen molar-refractivity contribution >= 4 is 11.8 Å². The summed E-state index contributed by atoms with van der Waals surface area (Å²) in [4.78, 5) is 21.6. The molecule has 0 fully saturated rings.